The summed E-state index contributed by atoms with van der Waals surface area (Å²) in [7, 11) is 0. The number of anilines is 2. The van der Waals surface area contributed by atoms with Crippen LogP contribution in [0.15, 0.2) is 18.2 Å². The second kappa shape index (κ2) is 5.37. The molecule has 0 aliphatic carbocycles. The number of carbonyl (C=O) groups excluding carboxylic acids is 2. The zero-order valence-corrected chi connectivity index (χ0v) is 11.9. The van der Waals surface area contributed by atoms with Crippen molar-refractivity contribution in [3.8, 4) is 0 Å². The maximum atomic E-state index is 12.1. The van der Waals surface area contributed by atoms with Gasteiger partial charge in [0.25, 0.3) is 0 Å². The molecule has 0 bridgehead atoms. The number of nitrogens with zero attached hydrogens (tertiary/aromatic N) is 2. The topological polar surface area (TPSA) is 70.1 Å². The molecule has 1 fully saturated rings. The number of rotatable bonds is 3. The van der Waals surface area contributed by atoms with Crippen LogP contribution in [0.5, 0.6) is 0 Å². The fourth-order valence-corrected chi connectivity index (χ4v) is 2.96. The third-order valence-electron chi connectivity index (χ3n) is 3.96. The molecule has 6 heteroatoms. The molecule has 3 rings (SSSR count). The van der Waals surface area contributed by atoms with Crippen LogP contribution >= 0.6 is 0 Å². The summed E-state index contributed by atoms with van der Waals surface area (Å²) in [6.07, 6.45) is 0.193. The number of aliphatic hydroxyl groups is 1. The van der Waals surface area contributed by atoms with Crippen molar-refractivity contribution in [3.05, 3.63) is 23.8 Å². The highest BCUT2D eigenvalue weighted by Gasteiger charge is 2.36. The number of carbonyl (C=O) groups is 2. The molecule has 1 atom stereocenters. The fourth-order valence-electron chi connectivity index (χ4n) is 2.96. The summed E-state index contributed by atoms with van der Waals surface area (Å²) in [5.41, 5.74) is 2.55. The maximum absolute atomic E-state index is 12.1. The highest BCUT2D eigenvalue weighted by molar-refractivity contribution is 6.03. The Kier molecular flexibility index (Phi) is 3.55. The number of fused-ring (bicyclic) bond motifs is 1. The normalized spacial score (nSPS) is 21.5. The number of amides is 2. The number of hydrogen-bond acceptors (Lipinski definition) is 4. The largest absolute Gasteiger partial charge is 0.441 e. The summed E-state index contributed by atoms with van der Waals surface area (Å²) < 4.78 is 5.10. The van der Waals surface area contributed by atoms with Gasteiger partial charge in [0.15, 0.2) is 0 Å². The second-order valence-corrected chi connectivity index (χ2v) is 5.22. The Morgan fingerprint density at radius 1 is 1.33 bits per heavy atom. The second-order valence-electron chi connectivity index (χ2n) is 5.22. The van der Waals surface area contributed by atoms with E-state index in [-0.39, 0.29) is 12.5 Å². The summed E-state index contributed by atoms with van der Waals surface area (Å²) in [6, 6.07) is 5.69. The van der Waals surface area contributed by atoms with Crippen LogP contribution in [0.4, 0.5) is 16.2 Å². The fraction of sp³-hybridized carbons (Fsp3) is 0.467. The molecule has 0 aromatic heterocycles. The zero-order chi connectivity index (χ0) is 15.0. The van der Waals surface area contributed by atoms with Gasteiger partial charge in [-0.2, -0.15) is 0 Å². The molecule has 21 heavy (non-hydrogen) atoms. The Hall–Kier alpha value is -2.08. The van der Waals surface area contributed by atoms with Gasteiger partial charge in [0.05, 0.1) is 24.5 Å². The predicted octanol–water partition coefficient (Wildman–Crippen LogP) is 1.30. The highest BCUT2D eigenvalue weighted by Crippen LogP contribution is 2.38. The van der Waals surface area contributed by atoms with Crippen molar-refractivity contribution in [2.45, 2.75) is 25.9 Å². The summed E-state index contributed by atoms with van der Waals surface area (Å²) in [5, 5.41) is 9.16. The number of hydrogen-bond donors (Lipinski definition) is 1. The first-order chi connectivity index (χ1) is 10.2. The number of para-hydroxylation sites is 1. The molecule has 2 amide bonds. The van der Waals surface area contributed by atoms with Gasteiger partial charge in [-0.05, 0) is 25.0 Å². The van der Waals surface area contributed by atoms with Crippen molar-refractivity contribution in [2.75, 3.05) is 29.5 Å². The molecule has 0 unspecified atom stereocenters. The Morgan fingerprint density at radius 3 is 2.81 bits per heavy atom. The highest BCUT2D eigenvalue weighted by atomic mass is 16.6. The van der Waals surface area contributed by atoms with E-state index in [1.54, 1.807) is 4.90 Å². The predicted molar refractivity (Wildman–Crippen MR) is 77.5 cm³/mol. The van der Waals surface area contributed by atoms with Crippen molar-refractivity contribution in [1.29, 1.82) is 0 Å². The SMILES string of the molecule is CCN1C(=O)CCc2cccc(N3C[C@H](CO)OC3=O)c21. The summed E-state index contributed by atoms with van der Waals surface area (Å²) in [4.78, 5) is 27.3. The molecule has 0 radical (unpaired) electrons. The van der Waals surface area contributed by atoms with Crippen LogP contribution in [-0.4, -0.2) is 42.9 Å². The molecule has 1 N–H and O–H groups in total. The first-order valence-corrected chi connectivity index (χ1v) is 7.17. The minimum atomic E-state index is -0.511. The van der Waals surface area contributed by atoms with Gasteiger partial charge < -0.3 is 14.7 Å². The van der Waals surface area contributed by atoms with E-state index >= 15 is 0 Å². The molecule has 0 saturated carbocycles. The average Bonchev–Trinajstić information content (AvgIpc) is 2.87. The van der Waals surface area contributed by atoms with Crippen molar-refractivity contribution < 1.29 is 19.4 Å². The molecule has 1 saturated heterocycles. The quantitative estimate of drug-likeness (QED) is 0.911. The summed E-state index contributed by atoms with van der Waals surface area (Å²) >= 11 is 0. The van der Waals surface area contributed by atoms with E-state index in [2.05, 4.69) is 0 Å². The Balaban J connectivity index is 2.04. The minimum Gasteiger partial charge on any atom is -0.441 e. The first kappa shape index (κ1) is 13.9. The molecule has 6 nitrogen and oxygen atoms in total. The Morgan fingerprint density at radius 2 is 2.14 bits per heavy atom. The number of ether oxygens (including phenoxy) is 1. The molecule has 2 aliphatic rings. The lowest BCUT2D eigenvalue weighted by Gasteiger charge is -2.32. The van der Waals surface area contributed by atoms with Crippen LogP contribution in [-0.2, 0) is 16.0 Å². The third kappa shape index (κ3) is 2.25. The number of aliphatic hydroxyl groups excluding tert-OH is 1. The van der Waals surface area contributed by atoms with Crippen LogP contribution in [0.3, 0.4) is 0 Å². The molecule has 112 valence electrons. The molecule has 1 aromatic rings. The smallest absolute Gasteiger partial charge is 0.414 e. The standard InChI is InChI=1S/C15H18N2O4/c1-2-16-13(19)7-6-10-4-3-5-12(14(10)16)17-8-11(9-18)21-15(17)20/h3-5,11,18H,2,6-9H2,1H3/t11-/m1/s1. The first-order valence-electron chi connectivity index (χ1n) is 7.17. The van der Waals surface area contributed by atoms with Crippen LogP contribution < -0.4 is 9.80 Å². The molecule has 0 spiro atoms. The van der Waals surface area contributed by atoms with Crippen LogP contribution in [0.1, 0.15) is 18.9 Å². The van der Waals surface area contributed by atoms with Gasteiger partial charge in [0, 0.05) is 13.0 Å². The van der Waals surface area contributed by atoms with Crippen molar-refractivity contribution in [3.63, 3.8) is 0 Å². The molecular formula is C15H18N2O4. The number of aryl methyl sites for hydroxylation is 1. The van der Waals surface area contributed by atoms with E-state index in [9.17, 15) is 9.59 Å². The molecule has 2 heterocycles. The van der Waals surface area contributed by atoms with Gasteiger partial charge >= 0.3 is 6.09 Å². The number of cyclic esters (lactones) is 1. The Labute approximate surface area is 122 Å². The van der Waals surface area contributed by atoms with E-state index in [0.29, 0.717) is 31.6 Å². The van der Waals surface area contributed by atoms with Gasteiger partial charge in [-0.3, -0.25) is 9.69 Å². The van der Waals surface area contributed by atoms with Gasteiger partial charge in [-0.15, -0.1) is 0 Å². The maximum Gasteiger partial charge on any atom is 0.414 e. The van der Waals surface area contributed by atoms with Crippen LogP contribution in [0.25, 0.3) is 0 Å². The summed E-state index contributed by atoms with van der Waals surface area (Å²) in [6.45, 7) is 2.59. The van der Waals surface area contributed by atoms with Crippen molar-refractivity contribution in [1.82, 2.24) is 0 Å². The average molecular weight is 290 g/mol. The van der Waals surface area contributed by atoms with E-state index in [4.69, 9.17) is 9.84 Å². The molecular weight excluding hydrogens is 272 g/mol. The van der Waals surface area contributed by atoms with Gasteiger partial charge in [-0.1, -0.05) is 12.1 Å². The molecule has 2 aliphatic heterocycles. The van der Waals surface area contributed by atoms with Gasteiger partial charge in [0.1, 0.15) is 6.10 Å². The van der Waals surface area contributed by atoms with Crippen LogP contribution in [0, 0.1) is 0 Å². The van der Waals surface area contributed by atoms with Gasteiger partial charge in [0.2, 0.25) is 5.91 Å². The van der Waals surface area contributed by atoms with E-state index in [1.807, 2.05) is 25.1 Å². The lowest BCUT2D eigenvalue weighted by molar-refractivity contribution is -0.118. The Bertz CT molecular complexity index is 587. The van der Waals surface area contributed by atoms with Crippen molar-refractivity contribution in [2.24, 2.45) is 0 Å². The lowest BCUT2D eigenvalue weighted by atomic mass is 9.99. The van der Waals surface area contributed by atoms with Crippen molar-refractivity contribution >= 4 is 23.4 Å². The van der Waals surface area contributed by atoms with E-state index in [0.717, 1.165) is 11.3 Å². The summed E-state index contributed by atoms with van der Waals surface area (Å²) in [5.74, 6) is 0.0729. The number of benzene rings is 1. The molecule has 1 aromatic carbocycles. The van der Waals surface area contributed by atoms with Gasteiger partial charge in [-0.25, -0.2) is 4.79 Å². The zero-order valence-electron chi connectivity index (χ0n) is 11.9. The minimum absolute atomic E-state index is 0.0729. The lowest BCUT2D eigenvalue weighted by Crippen LogP contribution is -2.37. The van der Waals surface area contributed by atoms with E-state index < -0.39 is 12.2 Å². The third-order valence-corrected chi connectivity index (χ3v) is 3.96. The van der Waals surface area contributed by atoms with E-state index in [1.165, 1.54) is 4.90 Å². The monoisotopic (exact) mass is 290 g/mol. The van der Waals surface area contributed by atoms with Crippen LogP contribution in [0.2, 0.25) is 0 Å².